The van der Waals surface area contributed by atoms with E-state index < -0.39 is 0 Å². The minimum Gasteiger partial charge on any atom is -0.440 e. The van der Waals surface area contributed by atoms with Gasteiger partial charge in [0, 0.05) is 16.0 Å². The zero-order chi connectivity index (χ0) is 11.2. The third kappa shape index (κ3) is 1.74. The van der Waals surface area contributed by atoms with Gasteiger partial charge in [-0.25, -0.2) is 4.98 Å². The van der Waals surface area contributed by atoms with E-state index in [4.69, 9.17) is 16.0 Å². The standard InChI is InChI=1S/C12H14ClNO/c1-7-8(13)5-6-9-10(7)15-11(14-9)12(2,3)4/h5-6H,1-4H3. The lowest BCUT2D eigenvalue weighted by atomic mass is 9.97. The summed E-state index contributed by atoms with van der Waals surface area (Å²) in [5, 5.41) is 0.721. The largest absolute Gasteiger partial charge is 0.440 e. The number of oxazole rings is 1. The van der Waals surface area contributed by atoms with Crippen LogP contribution < -0.4 is 0 Å². The van der Waals surface area contributed by atoms with Gasteiger partial charge in [-0.15, -0.1) is 0 Å². The summed E-state index contributed by atoms with van der Waals surface area (Å²) < 4.78 is 5.75. The molecule has 0 saturated heterocycles. The third-order valence-corrected chi connectivity index (χ3v) is 2.79. The van der Waals surface area contributed by atoms with Gasteiger partial charge in [-0.05, 0) is 19.1 Å². The number of nitrogens with zero attached hydrogens (tertiary/aromatic N) is 1. The molecule has 0 atom stereocenters. The van der Waals surface area contributed by atoms with Crippen LogP contribution in [0.2, 0.25) is 5.02 Å². The van der Waals surface area contributed by atoms with Crippen LogP contribution in [0.4, 0.5) is 0 Å². The zero-order valence-corrected chi connectivity index (χ0v) is 10.1. The molecule has 0 spiro atoms. The average molecular weight is 224 g/mol. The van der Waals surface area contributed by atoms with Crippen LogP contribution in [0.5, 0.6) is 0 Å². The van der Waals surface area contributed by atoms with Crippen LogP contribution in [0.25, 0.3) is 11.1 Å². The molecule has 0 bridgehead atoms. The van der Waals surface area contributed by atoms with Crippen molar-refractivity contribution < 1.29 is 4.42 Å². The number of rotatable bonds is 0. The molecule has 15 heavy (non-hydrogen) atoms. The van der Waals surface area contributed by atoms with Crippen molar-refractivity contribution in [2.24, 2.45) is 0 Å². The van der Waals surface area contributed by atoms with Gasteiger partial charge >= 0.3 is 0 Å². The summed E-state index contributed by atoms with van der Waals surface area (Å²) in [7, 11) is 0. The molecule has 0 unspecified atom stereocenters. The number of aromatic nitrogens is 1. The molecule has 0 N–H and O–H groups in total. The van der Waals surface area contributed by atoms with Crippen molar-refractivity contribution in [1.29, 1.82) is 0 Å². The van der Waals surface area contributed by atoms with Crippen LogP contribution in [0, 0.1) is 6.92 Å². The molecule has 0 aliphatic carbocycles. The molecule has 1 aromatic carbocycles. The Morgan fingerprint density at radius 1 is 1.27 bits per heavy atom. The van der Waals surface area contributed by atoms with E-state index in [1.54, 1.807) is 0 Å². The predicted molar refractivity (Wildman–Crippen MR) is 62.5 cm³/mol. The topological polar surface area (TPSA) is 26.0 Å². The second kappa shape index (κ2) is 3.24. The van der Waals surface area contributed by atoms with Crippen LogP contribution in [-0.2, 0) is 5.41 Å². The van der Waals surface area contributed by atoms with E-state index in [9.17, 15) is 0 Å². The van der Waals surface area contributed by atoms with Crippen molar-refractivity contribution in [3.8, 4) is 0 Å². The fraction of sp³-hybridized carbons (Fsp3) is 0.417. The van der Waals surface area contributed by atoms with E-state index in [-0.39, 0.29) is 5.41 Å². The van der Waals surface area contributed by atoms with Crippen LogP contribution in [-0.4, -0.2) is 4.98 Å². The SMILES string of the molecule is Cc1c(Cl)ccc2nc(C(C)(C)C)oc12. The number of aryl methyl sites for hydroxylation is 1. The number of fused-ring (bicyclic) bond motifs is 1. The highest BCUT2D eigenvalue weighted by Gasteiger charge is 2.21. The lowest BCUT2D eigenvalue weighted by Crippen LogP contribution is -2.10. The minimum absolute atomic E-state index is 0.0715. The number of benzene rings is 1. The molecular weight excluding hydrogens is 210 g/mol. The van der Waals surface area contributed by atoms with E-state index in [0.717, 1.165) is 27.6 Å². The van der Waals surface area contributed by atoms with Crippen molar-refractivity contribution in [2.75, 3.05) is 0 Å². The summed E-state index contributed by atoms with van der Waals surface area (Å²) in [6, 6.07) is 3.75. The van der Waals surface area contributed by atoms with Gasteiger partial charge < -0.3 is 4.42 Å². The first-order chi connectivity index (χ1) is 6.89. The second-order valence-corrected chi connectivity index (χ2v) is 5.20. The molecule has 2 rings (SSSR count). The quantitative estimate of drug-likeness (QED) is 0.673. The molecule has 80 valence electrons. The van der Waals surface area contributed by atoms with Crippen molar-refractivity contribution in [2.45, 2.75) is 33.1 Å². The van der Waals surface area contributed by atoms with Crippen molar-refractivity contribution in [1.82, 2.24) is 4.98 Å². The highest BCUT2D eigenvalue weighted by atomic mass is 35.5. The summed E-state index contributed by atoms with van der Waals surface area (Å²) in [4.78, 5) is 4.46. The summed E-state index contributed by atoms with van der Waals surface area (Å²) in [6.07, 6.45) is 0. The smallest absolute Gasteiger partial charge is 0.200 e. The van der Waals surface area contributed by atoms with Crippen LogP contribution >= 0.6 is 11.6 Å². The summed E-state index contributed by atoms with van der Waals surface area (Å²) in [5.74, 6) is 0.753. The monoisotopic (exact) mass is 223 g/mol. The zero-order valence-electron chi connectivity index (χ0n) is 9.39. The molecule has 2 aromatic rings. The first-order valence-corrected chi connectivity index (χ1v) is 5.33. The van der Waals surface area contributed by atoms with Crippen molar-refractivity contribution in [3.63, 3.8) is 0 Å². The molecule has 2 nitrogen and oxygen atoms in total. The maximum Gasteiger partial charge on any atom is 0.200 e. The third-order valence-electron chi connectivity index (χ3n) is 2.38. The minimum atomic E-state index is -0.0715. The van der Waals surface area contributed by atoms with Crippen molar-refractivity contribution >= 4 is 22.7 Å². The van der Waals surface area contributed by atoms with Gasteiger partial charge in [0.15, 0.2) is 5.58 Å². The summed E-state index contributed by atoms with van der Waals surface area (Å²) >= 11 is 6.02. The Balaban J connectivity index is 2.72. The number of hydrogen-bond donors (Lipinski definition) is 0. The summed E-state index contributed by atoms with van der Waals surface area (Å²) in [5.41, 5.74) is 2.56. The highest BCUT2D eigenvalue weighted by molar-refractivity contribution is 6.32. The van der Waals surface area contributed by atoms with E-state index >= 15 is 0 Å². The van der Waals surface area contributed by atoms with Crippen molar-refractivity contribution in [3.05, 3.63) is 28.6 Å². The van der Waals surface area contributed by atoms with Gasteiger partial charge in [-0.1, -0.05) is 32.4 Å². The van der Waals surface area contributed by atoms with Crippen LogP contribution in [0.3, 0.4) is 0 Å². The molecule has 0 amide bonds. The predicted octanol–water partition coefficient (Wildman–Crippen LogP) is 4.09. The maximum absolute atomic E-state index is 6.02. The van der Waals surface area contributed by atoms with Gasteiger partial charge in [0.1, 0.15) is 5.52 Å². The number of halogens is 1. The highest BCUT2D eigenvalue weighted by Crippen LogP contribution is 2.30. The molecule has 1 aromatic heterocycles. The molecule has 0 aliphatic heterocycles. The Labute approximate surface area is 94.3 Å². The lowest BCUT2D eigenvalue weighted by Gasteiger charge is -2.11. The Bertz CT molecular complexity index is 508. The average Bonchev–Trinajstić information content (AvgIpc) is 2.55. The molecule has 0 aliphatic rings. The van der Waals surface area contributed by atoms with Crippen LogP contribution in [0.15, 0.2) is 16.5 Å². The molecule has 0 fully saturated rings. The van der Waals surface area contributed by atoms with E-state index in [2.05, 4.69) is 25.8 Å². The van der Waals surface area contributed by atoms with Crippen LogP contribution in [0.1, 0.15) is 32.2 Å². The fourth-order valence-electron chi connectivity index (χ4n) is 1.42. The Morgan fingerprint density at radius 2 is 1.93 bits per heavy atom. The van der Waals surface area contributed by atoms with Gasteiger partial charge in [-0.3, -0.25) is 0 Å². The van der Waals surface area contributed by atoms with E-state index in [0.29, 0.717) is 0 Å². The fourth-order valence-corrected chi connectivity index (χ4v) is 1.57. The van der Waals surface area contributed by atoms with Gasteiger partial charge in [0.05, 0.1) is 0 Å². The Kier molecular flexibility index (Phi) is 2.27. The second-order valence-electron chi connectivity index (χ2n) is 4.79. The van der Waals surface area contributed by atoms with Gasteiger partial charge in [-0.2, -0.15) is 0 Å². The summed E-state index contributed by atoms with van der Waals surface area (Å²) in [6.45, 7) is 8.18. The lowest BCUT2D eigenvalue weighted by molar-refractivity contribution is 0.410. The van der Waals surface area contributed by atoms with Gasteiger partial charge in [0.2, 0.25) is 5.89 Å². The molecular formula is C12H14ClNO. The number of hydrogen-bond acceptors (Lipinski definition) is 2. The normalized spacial score (nSPS) is 12.3. The van der Waals surface area contributed by atoms with E-state index in [1.165, 1.54) is 0 Å². The first kappa shape index (κ1) is 10.5. The molecule has 0 saturated carbocycles. The maximum atomic E-state index is 6.02. The first-order valence-electron chi connectivity index (χ1n) is 4.96. The Morgan fingerprint density at radius 3 is 2.53 bits per heavy atom. The van der Waals surface area contributed by atoms with Gasteiger partial charge in [0.25, 0.3) is 0 Å². The van der Waals surface area contributed by atoms with E-state index in [1.807, 2.05) is 19.1 Å². The Hall–Kier alpha value is -1.02. The molecule has 0 radical (unpaired) electrons. The molecule has 1 heterocycles. The molecule has 3 heteroatoms.